The van der Waals surface area contributed by atoms with Crippen LogP contribution in [0.5, 0.6) is 5.88 Å². The van der Waals surface area contributed by atoms with Crippen molar-refractivity contribution in [3.05, 3.63) is 318 Å². The van der Waals surface area contributed by atoms with Crippen molar-refractivity contribution in [3.63, 3.8) is 0 Å². The summed E-state index contributed by atoms with van der Waals surface area (Å²) in [6, 6.07) is 82.7. The molecule has 4 fully saturated rings. The van der Waals surface area contributed by atoms with Crippen LogP contribution in [0, 0.1) is 44.4 Å². The minimum absolute atomic E-state index is 0.00330. The van der Waals surface area contributed by atoms with Crippen LogP contribution < -0.4 is 47.3 Å². The van der Waals surface area contributed by atoms with Crippen molar-refractivity contribution in [3.8, 4) is 39.8 Å². The van der Waals surface area contributed by atoms with Gasteiger partial charge in [-0.25, -0.2) is 33.5 Å². The van der Waals surface area contributed by atoms with Gasteiger partial charge in [0.2, 0.25) is 5.88 Å². The summed E-state index contributed by atoms with van der Waals surface area (Å²) >= 11 is 0. The molecule has 5 aliphatic rings. The first-order chi connectivity index (χ1) is 66.7. The molecule has 9 N–H and O–H groups in total. The number of rotatable bonds is 31. The number of methoxy groups -OCH3 is 4. The normalized spacial score (nSPS) is 20.2. The van der Waals surface area contributed by atoms with Crippen LogP contribution in [-0.4, -0.2) is 159 Å². The third kappa shape index (κ3) is 26.1. The van der Waals surface area contributed by atoms with Crippen molar-refractivity contribution in [2.45, 2.75) is 184 Å². The summed E-state index contributed by atoms with van der Waals surface area (Å²) in [6.07, 6.45) is 20.3. The molecule has 12 atom stereocenters. The Kier molecular flexibility index (Phi) is 34.3. The topological polar surface area (TPSA) is 310 Å². The summed E-state index contributed by atoms with van der Waals surface area (Å²) in [7, 11) is 6.96. The molecule has 5 aliphatic carbocycles. The van der Waals surface area contributed by atoms with E-state index in [-0.39, 0.29) is 66.7 Å². The van der Waals surface area contributed by atoms with Crippen molar-refractivity contribution in [1.29, 1.82) is 0 Å². The molecule has 26 nitrogen and oxygen atoms in total. The van der Waals surface area contributed by atoms with Gasteiger partial charge in [-0.05, 0) is 213 Å². The lowest BCUT2D eigenvalue weighted by Crippen LogP contribution is -2.40. The number of fused-ring (bicyclic) bond motifs is 2. The highest BCUT2D eigenvalue weighted by Gasteiger charge is 2.41. The lowest BCUT2D eigenvalue weighted by Gasteiger charge is -2.22. The molecule has 0 radical (unpaired) electrons. The van der Waals surface area contributed by atoms with E-state index in [4.69, 9.17) is 33.8 Å². The van der Waals surface area contributed by atoms with Crippen LogP contribution in [0.25, 0.3) is 39.5 Å². The molecule has 137 heavy (non-hydrogen) atoms. The molecule has 8 aromatic carbocycles. The molecule has 18 rings (SSSR count). The first-order valence-corrected chi connectivity index (χ1v) is 48.3. The van der Waals surface area contributed by atoms with E-state index in [1.54, 1.807) is 53.2 Å². The van der Waals surface area contributed by atoms with Crippen LogP contribution in [0.2, 0.25) is 0 Å². The molecule has 26 heteroatoms. The van der Waals surface area contributed by atoms with E-state index in [0.717, 1.165) is 190 Å². The Balaban J connectivity index is 0.000000139. The van der Waals surface area contributed by atoms with Gasteiger partial charge in [-0.15, -0.1) is 5.10 Å². The molecule has 0 spiro atoms. The van der Waals surface area contributed by atoms with Crippen LogP contribution in [-0.2, 0) is 31.8 Å². The number of aliphatic hydroxyl groups is 1. The molecule has 716 valence electrons. The zero-order chi connectivity index (χ0) is 95.6. The van der Waals surface area contributed by atoms with Gasteiger partial charge in [-0.3, -0.25) is 30.3 Å². The largest absolute Gasteiger partial charge is 0.473 e. The minimum atomic E-state index is -1.01. The standard InChI is InChI=1S/C29H38N4O4.C28H31N5O2.C27H32N4O2.C27H31N3O2/c1-20-26(33(23-13-9-6-10-14-23)32-27(20)37-19-29(2,3)35)31-28(34)30-25-18-21(15-16-36-4)17-24(25)22-11-7-5-8-12-22;1-19-26-31-25(22-11-7-4-8-12-22)27(33(26)15-14-29-19)32-28(34)30-24-18-20(13-16-35-2)17-23(24)21-9-5-3-6-10-21;1-33-16-15-19-17-23(20-9-4-2-5-10-20)25(18-19)28-27(32)29-26-22-13-8-14-24(22)30-31(26)21-11-6-3-7-12-21;1-19-15-25(26(28-18-19)22-11-7-4-8-12-22)30-27(31)29-24-17-20(13-14-32-2)16-23(24)21-9-5-3-6-10-21/h5-14,21,24-25,35H,15-19H2,1-4H3,(H2,30,31,34);3-12,14-15,20,23-24H,13,16-18H2,1-2H3,(H2,30,32,34);2-7,9-12,19,23,25H,8,13-18H2,1H3,(H2,28,29,32);3-12,15,18,20,23-24H,13-14,16-17H2,1-2H3,(H2,29,30,31)/t21-,24-,25+;20-,23-,24+;19-,23-,25+;20-,23-,24+/m0000/s1. The SMILES string of the molecule is COCC[C@@H]1C[C@@H](NC(=O)Nc2c(-c3ccccc3)nc3c(C)nccn23)[C@H](c2ccccc2)C1.COCC[C@@H]1C[C@@H](NC(=O)Nc2c(C)c(OCC(C)(C)O)nn2-c2ccccc2)[C@H](c2ccccc2)C1.COCC[C@@H]1C[C@@H](NC(=O)Nc2c3c(nn2-c2ccccc2)CCC3)[C@H](c2ccccc2)C1.COCC[C@@H]1C[C@@H](NC(=O)Nc2cc(C)cnc2-c2ccccc2)[C@H](c2ccccc2)C1. The van der Waals surface area contributed by atoms with E-state index in [1.807, 2.05) is 206 Å². The number of benzene rings is 8. The number of para-hydroxylation sites is 2. The van der Waals surface area contributed by atoms with Gasteiger partial charge in [0.1, 0.15) is 29.8 Å². The number of urea groups is 4. The first-order valence-electron chi connectivity index (χ1n) is 48.3. The molecule has 8 amide bonds. The third-order valence-electron chi connectivity index (χ3n) is 27.1. The van der Waals surface area contributed by atoms with Gasteiger partial charge in [0.05, 0.1) is 45.3 Å². The Labute approximate surface area is 804 Å². The van der Waals surface area contributed by atoms with Crippen molar-refractivity contribution >= 4 is 52.9 Å². The van der Waals surface area contributed by atoms with E-state index in [2.05, 4.69) is 143 Å². The van der Waals surface area contributed by atoms with Gasteiger partial charge in [0, 0.05) is 138 Å². The second kappa shape index (κ2) is 47.9. The number of ether oxygens (including phenoxy) is 5. The summed E-state index contributed by atoms with van der Waals surface area (Å²) in [5.41, 5.74) is 15.4. The highest BCUT2D eigenvalue weighted by Crippen LogP contribution is 2.46. The fourth-order valence-corrected chi connectivity index (χ4v) is 20.4. The number of hydrogen-bond donors (Lipinski definition) is 9. The summed E-state index contributed by atoms with van der Waals surface area (Å²) in [5.74, 6) is 5.51. The number of amides is 8. The average molecular weight is 1850 g/mol. The van der Waals surface area contributed by atoms with Gasteiger partial charge in [0.25, 0.3) is 0 Å². The van der Waals surface area contributed by atoms with Crippen LogP contribution in [0.15, 0.2) is 267 Å². The summed E-state index contributed by atoms with van der Waals surface area (Å²) in [6.45, 7) is 12.1. The van der Waals surface area contributed by atoms with Crippen molar-refractivity contribution in [2.75, 3.05) is 82.7 Å². The van der Waals surface area contributed by atoms with Gasteiger partial charge in [-0.1, -0.05) is 218 Å². The molecule has 4 saturated carbocycles. The van der Waals surface area contributed by atoms with Gasteiger partial charge in [0.15, 0.2) is 5.65 Å². The number of aromatic nitrogens is 8. The third-order valence-corrected chi connectivity index (χ3v) is 27.1. The molecular weight excluding hydrogens is 1720 g/mol. The fraction of sp³-hybridized carbons (Fsp3) is 0.378. The average Bonchev–Trinajstić information content (AvgIpc) is 1.63. The van der Waals surface area contributed by atoms with E-state index < -0.39 is 5.60 Å². The smallest absolute Gasteiger partial charge is 0.320 e. The molecule has 5 aromatic heterocycles. The molecule has 0 unspecified atom stereocenters. The molecular formula is C111H132N16O10. The van der Waals surface area contributed by atoms with Crippen molar-refractivity contribution in [2.24, 2.45) is 23.7 Å². The predicted octanol–water partition coefficient (Wildman–Crippen LogP) is 21.3. The van der Waals surface area contributed by atoms with Crippen molar-refractivity contribution < 1.29 is 48.0 Å². The van der Waals surface area contributed by atoms with Crippen LogP contribution in [0.4, 0.5) is 42.3 Å². The van der Waals surface area contributed by atoms with Gasteiger partial charge in [-0.2, -0.15) is 5.10 Å². The maximum atomic E-state index is 13.4. The number of nitrogens with zero attached hydrogens (tertiary/aromatic N) is 8. The molecule has 5 heterocycles. The van der Waals surface area contributed by atoms with E-state index >= 15 is 0 Å². The second-order valence-electron chi connectivity index (χ2n) is 37.5. The Morgan fingerprint density at radius 3 is 1.19 bits per heavy atom. The van der Waals surface area contributed by atoms with Crippen LogP contribution in [0.1, 0.15) is 171 Å². The van der Waals surface area contributed by atoms with Crippen LogP contribution >= 0.6 is 0 Å². The predicted molar refractivity (Wildman–Crippen MR) is 541 cm³/mol. The Hall–Kier alpha value is -13.4. The summed E-state index contributed by atoms with van der Waals surface area (Å²) in [5, 5.41) is 45.0. The number of carbonyl (C=O) groups excluding carboxylic acids is 4. The number of carbonyl (C=O) groups is 4. The first kappa shape index (κ1) is 98.2. The quantitative estimate of drug-likeness (QED) is 0.0195. The minimum Gasteiger partial charge on any atom is -0.473 e. The van der Waals surface area contributed by atoms with Gasteiger partial charge >= 0.3 is 24.1 Å². The molecule has 13 aromatic rings. The van der Waals surface area contributed by atoms with E-state index in [9.17, 15) is 24.3 Å². The number of imidazole rings is 1. The number of hydrogen-bond acceptors (Lipinski definition) is 15. The van der Waals surface area contributed by atoms with Crippen LogP contribution in [0.3, 0.4) is 0 Å². The Morgan fingerprint density at radius 1 is 0.423 bits per heavy atom. The Morgan fingerprint density at radius 2 is 0.788 bits per heavy atom. The lowest BCUT2D eigenvalue weighted by atomic mass is 9.93. The zero-order valence-corrected chi connectivity index (χ0v) is 80.2. The number of nitrogens with one attached hydrogen (secondary N) is 8. The Bertz CT molecular complexity index is 6010. The summed E-state index contributed by atoms with van der Waals surface area (Å²) < 4.78 is 32.5. The number of anilines is 4. The molecule has 0 aliphatic heterocycles. The highest BCUT2D eigenvalue weighted by atomic mass is 16.5. The van der Waals surface area contributed by atoms with E-state index in [1.165, 1.54) is 22.3 Å². The molecule has 0 saturated heterocycles. The fourth-order valence-electron chi connectivity index (χ4n) is 20.4. The van der Waals surface area contributed by atoms with Crippen molar-refractivity contribution in [1.82, 2.24) is 60.2 Å². The second-order valence-corrected chi connectivity index (χ2v) is 37.5. The number of pyridine rings is 1. The van der Waals surface area contributed by atoms with E-state index in [0.29, 0.717) is 65.2 Å². The molecule has 0 bridgehead atoms. The zero-order valence-electron chi connectivity index (χ0n) is 80.2. The monoisotopic (exact) mass is 1850 g/mol. The number of aryl methyl sites for hydroxylation is 3. The maximum absolute atomic E-state index is 13.4. The van der Waals surface area contributed by atoms with Gasteiger partial charge < -0.3 is 55.4 Å². The summed E-state index contributed by atoms with van der Waals surface area (Å²) in [4.78, 5) is 66.9. The maximum Gasteiger partial charge on any atom is 0.320 e. The highest BCUT2D eigenvalue weighted by molar-refractivity contribution is 5.95. The lowest BCUT2D eigenvalue weighted by molar-refractivity contribution is 0.0265.